The summed E-state index contributed by atoms with van der Waals surface area (Å²) in [6.45, 7) is 0.253. The van der Waals surface area contributed by atoms with Crippen molar-refractivity contribution < 1.29 is 9.59 Å². The highest BCUT2D eigenvalue weighted by Crippen LogP contribution is 2.38. The topological polar surface area (TPSA) is 99.8 Å². The Labute approximate surface area is 181 Å². The smallest absolute Gasteiger partial charge is 0.313 e. The lowest BCUT2D eigenvalue weighted by molar-refractivity contribution is -0.136. The van der Waals surface area contributed by atoms with E-state index in [4.69, 9.17) is 0 Å². The van der Waals surface area contributed by atoms with Crippen LogP contribution < -0.4 is 10.6 Å². The van der Waals surface area contributed by atoms with Crippen LogP contribution in [0.25, 0.3) is 31.4 Å². The van der Waals surface area contributed by atoms with Crippen LogP contribution in [0, 0.1) is 0 Å². The molecule has 8 heteroatoms. The molecular formula is C23H17N5O2S. The standard InChI is InChI=1S/C23H17N5O2S/c29-22(25-12-14-5-7-24-8-6-14)23(30)27-17-9-16-13-26-28-21(16)18(11-17)20-10-15-3-1-2-4-19(15)31-20/h1-11,13H,12H2,(H,25,29)(H,26,28)(H,27,30). The molecule has 0 unspecified atom stereocenters. The second kappa shape index (κ2) is 8.00. The van der Waals surface area contributed by atoms with E-state index in [9.17, 15) is 9.59 Å². The molecule has 5 rings (SSSR count). The van der Waals surface area contributed by atoms with Crippen molar-refractivity contribution >= 4 is 49.8 Å². The SMILES string of the molecule is O=C(NCc1ccncc1)C(=O)Nc1cc(-c2cc3ccccc3s2)c2[nH]ncc2c1. The second-order valence-corrected chi connectivity index (χ2v) is 8.08. The summed E-state index contributed by atoms with van der Waals surface area (Å²) in [5.41, 5.74) is 3.20. The Kier molecular flexibility index (Phi) is 4.89. The number of thiophene rings is 1. The van der Waals surface area contributed by atoms with E-state index in [0.717, 1.165) is 32.3 Å². The van der Waals surface area contributed by atoms with Crippen LogP contribution in [0.3, 0.4) is 0 Å². The highest BCUT2D eigenvalue weighted by atomic mass is 32.1. The Morgan fingerprint density at radius 3 is 2.65 bits per heavy atom. The number of aromatic nitrogens is 3. The largest absolute Gasteiger partial charge is 0.344 e. The molecule has 3 N–H and O–H groups in total. The molecule has 7 nitrogen and oxygen atoms in total. The van der Waals surface area contributed by atoms with Crippen molar-refractivity contribution in [3.8, 4) is 10.4 Å². The number of carbonyl (C=O) groups excluding carboxylic acids is 2. The summed E-state index contributed by atoms with van der Waals surface area (Å²) in [5.74, 6) is -1.42. The molecule has 152 valence electrons. The van der Waals surface area contributed by atoms with Crippen LogP contribution >= 0.6 is 11.3 Å². The zero-order chi connectivity index (χ0) is 21.2. The lowest BCUT2D eigenvalue weighted by atomic mass is 10.1. The molecule has 31 heavy (non-hydrogen) atoms. The van der Waals surface area contributed by atoms with Gasteiger partial charge in [-0.2, -0.15) is 5.10 Å². The van der Waals surface area contributed by atoms with Gasteiger partial charge in [-0.3, -0.25) is 19.7 Å². The quantitative estimate of drug-likeness (QED) is 0.376. The molecular weight excluding hydrogens is 410 g/mol. The summed E-state index contributed by atoms with van der Waals surface area (Å²) in [6, 6.07) is 17.5. The minimum absolute atomic E-state index is 0.253. The van der Waals surface area contributed by atoms with Gasteiger partial charge in [0.25, 0.3) is 0 Å². The Morgan fingerprint density at radius 2 is 1.81 bits per heavy atom. The van der Waals surface area contributed by atoms with Gasteiger partial charge in [0.15, 0.2) is 0 Å². The number of hydrogen-bond acceptors (Lipinski definition) is 5. The number of nitrogens with zero attached hydrogens (tertiary/aromatic N) is 2. The molecule has 0 aliphatic rings. The van der Waals surface area contributed by atoms with Gasteiger partial charge in [-0.15, -0.1) is 11.3 Å². The number of hydrogen-bond donors (Lipinski definition) is 3. The molecule has 2 aromatic carbocycles. The maximum Gasteiger partial charge on any atom is 0.313 e. The van der Waals surface area contributed by atoms with Crippen LogP contribution in [0.1, 0.15) is 5.56 Å². The van der Waals surface area contributed by atoms with E-state index in [1.807, 2.05) is 18.2 Å². The fourth-order valence-electron chi connectivity index (χ4n) is 3.39. The number of H-pyrrole nitrogens is 1. The van der Waals surface area contributed by atoms with Gasteiger partial charge < -0.3 is 10.6 Å². The van der Waals surface area contributed by atoms with Gasteiger partial charge in [-0.05, 0) is 47.3 Å². The fourth-order valence-corrected chi connectivity index (χ4v) is 4.47. The van der Waals surface area contributed by atoms with Gasteiger partial charge >= 0.3 is 11.8 Å². The number of nitrogens with one attached hydrogen (secondary N) is 3. The molecule has 0 spiro atoms. The van der Waals surface area contributed by atoms with Crippen molar-refractivity contribution in [1.82, 2.24) is 20.5 Å². The Morgan fingerprint density at radius 1 is 0.968 bits per heavy atom. The number of amides is 2. The molecule has 3 aromatic heterocycles. The molecule has 0 bridgehead atoms. The number of carbonyl (C=O) groups is 2. The third-order valence-electron chi connectivity index (χ3n) is 4.91. The molecule has 0 fully saturated rings. The number of fused-ring (bicyclic) bond motifs is 2. The minimum atomic E-state index is -0.723. The Balaban J connectivity index is 1.40. The molecule has 5 aromatic rings. The van der Waals surface area contributed by atoms with Gasteiger partial charge in [-0.1, -0.05) is 18.2 Å². The number of anilines is 1. The van der Waals surface area contributed by atoms with Crippen molar-refractivity contribution in [2.24, 2.45) is 0 Å². The number of benzene rings is 2. The highest BCUT2D eigenvalue weighted by Gasteiger charge is 2.16. The zero-order valence-corrected chi connectivity index (χ0v) is 17.1. The van der Waals surface area contributed by atoms with E-state index in [0.29, 0.717) is 5.69 Å². The zero-order valence-electron chi connectivity index (χ0n) is 16.3. The van der Waals surface area contributed by atoms with E-state index in [1.54, 1.807) is 48.1 Å². The predicted molar refractivity (Wildman–Crippen MR) is 122 cm³/mol. The maximum atomic E-state index is 12.4. The lowest BCUT2D eigenvalue weighted by Crippen LogP contribution is -2.34. The van der Waals surface area contributed by atoms with Crippen LogP contribution in [0.15, 0.2) is 73.2 Å². The third kappa shape index (κ3) is 3.88. The summed E-state index contributed by atoms with van der Waals surface area (Å²) in [4.78, 5) is 29.7. The first-order valence-electron chi connectivity index (χ1n) is 9.61. The lowest BCUT2D eigenvalue weighted by Gasteiger charge is -2.09. The minimum Gasteiger partial charge on any atom is -0.344 e. The molecule has 0 atom stereocenters. The van der Waals surface area contributed by atoms with Crippen molar-refractivity contribution in [1.29, 1.82) is 0 Å². The van der Waals surface area contributed by atoms with Crippen molar-refractivity contribution in [2.75, 3.05) is 5.32 Å². The summed E-state index contributed by atoms with van der Waals surface area (Å²) < 4.78 is 1.18. The van der Waals surface area contributed by atoms with Gasteiger partial charge in [0.1, 0.15) is 0 Å². The van der Waals surface area contributed by atoms with Gasteiger partial charge in [0, 0.05) is 45.2 Å². The Hall–Kier alpha value is -4.04. The molecule has 3 heterocycles. The van der Waals surface area contributed by atoms with E-state index < -0.39 is 11.8 Å². The van der Waals surface area contributed by atoms with Gasteiger partial charge in [0.05, 0.1) is 11.7 Å². The number of pyridine rings is 1. The van der Waals surface area contributed by atoms with E-state index in [2.05, 4.69) is 44.0 Å². The molecule has 0 aliphatic carbocycles. The number of rotatable bonds is 4. The van der Waals surface area contributed by atoms with Crippen LogP contribution in [-0.2, 0) is 16.1 Å². The van der Waals surface area contributed by atoms with Crippen LogP contribution in [0.4, 0.5) is 5.69 Å². The molecule has 0 saturated heterocycles. The first-order valence-corrected chi connectivity index (χ1v) is 10.4. The maximum absolute atomic E-state index is 12.4. The summed E-state index contributed by atoms with van der Waals surface area (Å²) >= 11 is 1.66. The first kappa shape index (κ1) is 19.0. The van der Waals surface area contributed by atoms with Gasteiger partial charge in [0.2, 0.25) is 0 Å². The Bertz CT molecular complexity index is 1370. The van der Waals surface area contributed by atoms with Gasteiger partial charge in [-0.25, -0.2) is 0 Å². The molecule has 0 radical (unpaired) electrons. The number of aromatic amines is 1. The second-order valence-electron chi connectivity index (χ2n) is 7.00. The van der Waals surface area contributed by atoms with Crippen LogP contribution in [0.2, 0.25) is 0 Å². The molecule has 0 aliphatic heterocycles. The summed E-state index contributed by atoms with van der Waals surface area (Å²) in [6.07, 6.45) is 4.97. The summed E-state index contributed by atoms with van der Waals surface area (Å²) in [7, 11) is 0. The van der Waals surface area contributed by atoms with Crippen LogP contribution in [-0.4, -0.2) is 27.0 Å². The third-order valence-corrected chi connectivity index (χ3v) is 6.06. The van der Waals surface area contributed by atoms with Crippen LogP contribution in [0.5, 0.6) is 0 Å². The normalized spacial score (nSPS) is 11.0. The highest BCUT2D eigenvalue weighted by molar-refractivity contribution is 7.22. The monoisotopic (exact) mass is 427 g/mol. The van der Waals surface area contributed by atoms with Crippen molar-refractivity contribution in [3.63, 3.8) is 0 Å². The van der Waals surface area contributed by atoms with Crippen molar-refractivity contribution in [3.05, 3.63) is 78.8 Å². The summed E-state index contributed by atoms with van der Waals surface area (Å²) in [5, 5.41) is 14.5. The average Bonchev–Trinajstić information content (AvgIpc) is 3.44. The first-order chi connectivity index (χ1) is 15.2. The molecule has 0 saturated carbocycles. The molecule has 2 amide bonds. The van der Waals surface area contributed by atoms with Crippen molar-refractivity contribution in [2.45, 2.75) is 6.54 Å². The van der Waals surface area contributed by atoms with E-state index >= 15 is 0 Å². The van der Waals surface area contributed by atoms with E-state index in [-0.39, 0.29) is 6.54 Å². The predicted octanol–water partition coefficient (Wildman–Crippen LogP) is 4.09. The average molecular weight is 427 g/mol. The van der Waals surface area contributed by atoms with E-state index in [1.165, 1.54) is 4.70 Å². The fraction of sp³-hybridized carbons (Fsp3) is 0.0435.